The summed E-state index contributed by atoms with van der Waals surface area (Å²) < 4.78 is 0. The SMILES string of the molecule is N#Cc1ccc(CN2C(=O)c3ccccc3C2=O)cc1C1CC1. The lowest BCUT2D eigenvalue weighted by molar-refractivity contribution is 0.0642. The van der Waals surface area contributed by atoms with Gasteiger partial charge >= 0.3 is 0 Å². The summed E-state index contributed by atoms with van der Waals surface area (Å²) in [7, 11) is 0. The quantitative estimate of drug-likeness (QED) is 0.818. The zero-order valence-corrected chi connectivity index (χ0v) is 12.5. The maximum Gasteiger partial charge on any atom is 0.261 e. The number of imide groups is 1. The minimum absolute atomic E-state index is 0.247. The van der Waals surface area contributed by atoms with Gasteiger partial charge < -0.3 is 0 Å². The molecule has 112 valence electrons. The normalized spacial score (nSPS) is 16.4. The predicted octanol–water partition coefficient (Wildman–Crippen LogP) is 3.23. The number of carbonyl (C=O) groups is 2. The highest BCUT2D eigenvalue weighted by Crippen LogP contribution is 2.42. The molecule has 2 aliphatic rings. The van der Waals surface area contributed by atoms with Crippen molar-refractivity contribution in [1.82, 2.24) is 4.90 Å². The van der Waals surface area contributed by atoms with Gasteiger partial charge in [0.05, 0.1) is 29.3 Å². The second-order valence-corrected chi connectivity index (χ2v) is 6.05. The van der Waals surface area contributed by atoms with Gasteiger partial charge in [-0.1, -0.05) is 24.3 Å². The van der Waals surface area contributed by atoms with E-state index in [4.69, 9.17) is 0 Å². The number of nitrogens with zero attached hydrogens (tertiary/aromatic N) is 2. The maximum atomic E-state index is 12.4. The highest BCUT2D eigenvalue weighted by atomic mass is 16.2. The molecule has 0 spiro atoms. The van der Waals surface area contributed by atoms with Gasteiger partial charge in [0, 0.05) is 0 Å². The minimum Gasteiger partial charge on any atom is -0.270 e. The largest absolute Gasteiger partial charge is 0.270 e. The molecule has 4 rings (SSSR count). The van der Waals surface area contributed by atoms with Crippen LogP contribution in [0.1, 0.15) is 56.2 Å². The Morgan fingerprint density at radius 3 is 2.26 bits per heavy atom. The van der Waals surface area contributed by atoms with Crippen LogP contribution in [0.2, 0.25) is 0 Å². The first-order valence-electron chi connectivity index (χ1n) is 7.67. The van der Waals surface area contributed by atoms with Crippen molar-refractivity contribution >= 4 is 11.8 Å². The number of hydrogen-bond acceptors (Lipinski definition) is 3. The summed E-state index contributed by atoms with van der Waals surface area (Å²) in [6.07, 6.45) is 2.20. The van der Waals surface area contributed by atoms with Crippen molar-refractivity contribution in [2.45, 2.75) is 25.3 Å². The molecule has 0 bridgehead atoms. The van der Waals surface area contributed by atoms with Gasteiger partial charge in [0.15, 0.2) is 0 Å². The van der Waals surface area contributed by atoms with E-state index in [0.717, 1.165) is 24.0 Å². The molecule has 1 aliphatic heterocycles. The van der Waals surface area contributed by atoms with Crippen molar-refractivity contribution in [2.24, 2.45) is 0 Å². The number of benzene rings is 2. The van der Waals surface area contributed by atoms with Crippen molar-refractivity contribution in [2.75, 3.05) is 0 Å². The van der Waals surface area contributed by atoms with Crippen LogP contribution in [0.5, 0.6) is 0 Å². The molecule has 2 aromatic rings. The molecule has 2 aromatic carbocycles. The molecule has 0 saturated heterocycles. The summed E-state index contributed by atoms with van der Waals surface area (Å²) >= 11 is 0. The van der Waals surface area contributed by atoms with Crippen molar-refractivity contribution in [3.05, 3.63) is 70.3 Å². The first-order valence-corrected chi connectivity index (χ1v) is 7.67. The van der Waals surface area contributed by atoms with Gasteiger partial charge in [0.25, 0.3) is 11.8 Å². The molecule has 0 N–H and O–H groups in total. The summed E-state index contributed by atoms with van der Waals surface area (Å²) in [6.45, 7) is 0.248. The average molecular weight is 302 g/mol. The van der Waals surface area contributed by atoms with Gasteiger partial charge in [0.2, 0.25) is 0 Å². The molecule has 0 atom stereocenters. The van der Waals surface area contributed by atoms with E-state index in [9.17, 15) is 14.9 Å². The minimum atomic E-state index is -0.247. The Labute approximate surface area is 134 Å². The highest BCUT2D eigenvalue weighted by Gasteiger charge is 2.35. The van der Waals surface area contributed by atoms with Gasteiger partial charge in [-0.05, 0) is 48.1 Å². The third-order valence-corrected chi connectivity index (χ3v) is 4.47. The van der Waals surface area contributed by atoms with Crippen LogP contribution in [0.3, 0.4) is 0 Å². The third-order valence-electron chi connectivity index (χ3n) is 4.47. The van der Waals surface area contributed by atoms with Crippen LogP contribution >= 0.6 is 0 Å². The number of hydrogen-bond donors (Lipinski definition) is 0. The average Bonchev–Trinajstić information content (AvgIpc) is 3.40. The number of nitriles is 1. The lowest BCUT2D eigenvalue weighted by atomic mass is 10.0. The smallest absolute Gasteiger partial charge is 0.261 e. The van der Waals surface area contributed by atoms with Crippen LogP contribution in [0.4, 0.5) is 0 Å². The lowest BCUT2D eigenvalue weighted by Crippen LogP contribution is -2.29. The van der Waals surface area contributed by atoms with Crippen LogP contribution in [-0.2, 0) is 6.54 Å². The number of rotatable bonds is 3. The Kier molecular flexibility index (Phi) is 3.02. The molecule has 0 unspecified atom stereocenters. The molecule has 0 radical (unpaired) electrons. The van der Waals surface area contributed by atoms with Crippen molar-refractivity contribution in [1.29, 1.82) is 5.26 Å². The van der Waals surface area contributed by atoms with E-state index in [-0.39, 0.29) is 18.4 Å². The van der Waals surface area contributed by atoms with Crippen molar-refractivity contribution in [3.8, 4) is 6.07 Å². The third kappa shape index (κ3) is 2.22. The maximum absolute atomic E-state index is 12.4. The van der Waals surface area contributed by atoms with E-state index in [1.807, 2.05) is 12.1 Å². The molecule has 1 heterocycles. The fourth-order valence-corrected chi connectivity index (χ4v) is 3.11. The van der Waals surface area contributed by atoms with Crippen LogP contribution in [-0.4, -0.2) is 16.7 Å². The summed E-state index contributed by atoms with van der Waals surface area (Å²) in [5.41, 5.74) is 3.56. The number of amides is 2. The Balaban J connectivity index is 1.65. The predicted molar refractivity (Wildman–Crippen MR) is 83.8 cm³/mol. The number of carbonyl (C=O) groups excluding carboxylic acids is 2. The zero-order valence-electron chi connectivity index (χ0n) is 12.5. The highest BCUT2D eigenvalue weighted by molar-refractivity contribution is 6.21. The van der Waals surface area contributed by atoms with E-state index in [1.54, 1.807) is 30.3 Å². The fraction of sp³-hybridized carbons (Fsp3) is 0.211. The molecule has 1 aliphatic carbocycles. The molecule has 23 heavy (non-hydrogen) atoms. The van der Waals surface area contributed by atoms with E-state index in [0.29, 0.717) is 22.6 Å². The van der Waals surface area contributed by atoms with Gasteiger partial charge in [-0.25, -0.2) is 0 Å². The van der Waals surface area contributed by atoms with Crippen LogP contribution in [0, 0.1) is 11.3 Å². The van der Waals surface area contributed by atoms with Gasteiger partial charge in [-0.3, -0.25) is 14.5 Å². The Morgan fingerprint density at radius 1 is 1.04 bits per heavy atom. The summed E-state index contributed by atoms with van der Waals surface area (Å²) in [5, 5.41) is 9.20. The second-order valence-electron chi connectivity index (χ2n) is 6.05. The van der Waals surface area contributed by atoms with E-state index >= 15 is 0 Å². The van der Waals surface area contributed by atoms with Gasteiger partial charge in [0.1, 0.15) is 0 Å². The van der Waals surface area contributed by atoms with Crippen molar-refractivity contribution in [3.63, 3.8) is 0 Å². The van der Waals surface area contributed by atoms with Gasteiger partial charge in [-0.15, -0.1) is 0 Å². The van der Waals surface area contributed by atoms with Crippen molar-refractivity contribution < 1.29 is 9.59 Å². The van der Waals surface area contributed by atoms with Crippen LogP contribution in [0.25, 0.3) is 0 Å². The summed E-state index contributed by atoms with van der Waals surface area (Å²) in [4.78, 5) is 26.1. The zero-order chi connectivity index (χ0) is 16.0. The van der Waals surface area contributed by atoms with E-state index < -0.39 is 0 Å². The van der Waals surface area contributed by atoms with E-state index in [1.165, 1.54) is 4.90 Å². The molecule has 2 amide bonds. The van der Waals surface area contributed by atoms with Crippen LogP contribution in [0.15, 0.2) is 42.5 Å². The molecular weight excluding hydrogens is 288 g/mol. The monoisotopic (exact) mass is 302 g/mol. The lowest BCUT2D eigenvalue weighted by Gasteiger charge is -2.15. The molecule has 4 nitrogen and oxygen atoms in total. The first-order chi connectivity index (χ1) is 11.2. The Morgan fingerprint density at radius 2 is 1.70 bits per heavy atom. The van der Waals surface area contributed by atoms with E-state index in [2.05, 4.69) is 6.07 Å². The number of fused-ring (bicyclic) bond motifs is 1. The Bertz CT molecular complexity index is 840. The summed E-state index contributed by atoms with van der Waals surface area (Å²) in [6, 6.07) is 14.7. The molecule has 1 saturated carbocycles. The standard InChI is InChI=1S/C19H14N2O2/c20-10-14-6-5-12(9-17(14)13-7-8-13)11-21-18(22)15-3-1-2-4-16(15)19(21)23/h1-6,9,13H,7-8,11H2. The molecule has 4 heteroatoms. The molecular formula is C19H14N2O2. The fourth-order valence-electron chi connectivity index (χ4n) is 3.11. The Hall–Kier alpha value is -2.93. The summed E-state index contributed by atoms with van der Waals surface area (Å²) in [5.74, 6) is -0.0439. The van der Waals surface area contributed by atoms with Gasteiger partial charge in [-0.2, -0.15) is 5.26 Å². The van der Waals surface area contributed by atoms with Crippen LogP contribution < -0.4 is 0 Å². The first kappa shape index (κ1) is 13.7. The molecule has 0 aromatic heterocycles. The molecule has 1 fully saturated rings. The topological polar surface area (TPSA) is 61.2 Å². The second kappa shape index (κ2) is 5.06.